The van der Waals surface area contributed by atoms with Gasteiger partial charge in [-0.25, -0.2) is 4.68 Å². The molecule has 2 heterocycles. The molecule has 0 aliphatic carbocycles. The number of quaternary nitrogens is 1. The van der Waals surface area contributed by atoms with Crippen LogP contribution in [0.5, 0.6) is 0 Å². The van der Waals surface area contributed by atoms with Gasteiger partial charge in [0.2, 0.25) is 0 Å². The number of amides is 1. The Balaban J connectivity index is 1.35. The summed E-state index contributed by atoms with van der Waals surface area (Å²) in [5, 5.41) is 10.9. The molecular formula is C21H23F3N5O+. The first-order valence-electron chi connectivity index (χ1n) is 9.92. The fraction of sp³-hybridized carbons (Fsp3) is 0.381. The Hall–Kier alpha value is -2.94. The zero-order valence-corrected chi connectivity index (χ0v) is 16.5. The van der Waals surface area contributed by atoms with Crippen molar-refractivity contribution in [3.8, 4) is 0 Å². The normalized spacial score (nSPS) is 19.7. The highest BCUT2D eigenvalue weighted by Crippen LogP contribution is 2.31. The Morgan fingerprint density at radius 1 is 1.17 bits per heavy atom. The van der Waals surface area contributed by atoms with E-state index in [1.807, 2.05) is 31.2 Å². The van der Waals surface area contributed by atoms with Gasteiger partial charge in [0.15, 0.2) is 6.54 Å². The average Bonchev–Trinajstić information content (AvgIpc) is 3.13. The second-order valence-electron chi connectivity index (χ2n) is 7.81. The van der Waals surface area contributed by atoms with Crippen LogP contribution in [-0.2, 0) is 11.0 Å². The SMILES string of the molecule is Cc1ccc(NC(=O)C[NH+]2CCC(n3nnc4cc(C(F)(F)F)ccc43)CC2)cc1. The molecule has 30 heavy (non-hydrogen) atoms. The van der Waals surface area contributed by atoms with Crippen LogP contribution in [0.2, 0.25) is 0 Å². The number of hydrogen-bond donors (Lipinski definition) is 2. The molecule has 6 nitrogen and oxygen atoms in total. The molecule has 1 aliphatic heterocycles. The van der Waals surface area contributed by atoms with E-state index in [0.717, 1.165) is 49.3 Å². The van der Waals surface area contributed by atoms with Crippen molar-refractivity contribution in [1.82, 2.24) is 15.0 Å². The number of benzene rings is 2. The molecule has 0 spiro atoms. The molecule has 2 N–H and O–H groups in total. The minimum absolute atomic E-state index is 0.0295. The van der Waals surface area contributed by atoms with Gasteiger partial charge in [-0.1, -0.05) is 22.9 Å². The van der Waals surface area contributed by atoms with E-state index in [4.69, 9.17) is 0 Å². The molecule has 0 atom stereocenters. The van der Waals surface area contributed by atoms with Gasteiger partial charge < -0.3 is 10.2 Å². The summed E-state index contributed by atoms with van der Waals surface area (Å²) in [6, 6.07) is 11.3. The van der Waals surface area contributed by atoms with E-state index >= 15 is 0 Å². The van der Waals surface area contributed by atoms with Crippen molar-refractivity contribution < 1.29 is 22.9 Å². The molecule has 0 bridgehead atoms. The lowest BCUT2D eigenvalue weighted by Gasteiger charge is -2.29. The third-order valence-corrected chi connectivity index (χ3v) is 5.55. The molecule has 1 aromatic heterocycles. The number of aryl methyl sites for hydroxylation is 1. The molecule has 1 fully saturated rings. The van der Waals surface area contributed by atoms with Crippen molar-refractivity contribution >= 4 is 22.6 Å². The van der Waals surface area contributed by atoms with Crippen LogP contribution >= 0.6 is 0 Å². The number of piperidine rings is 1. The number of nitrogens with one attached hydrogen (secondary N) is 2. The maximum Gasteiger partial charge on any atom is 0.416 e. The van der Waals surface area contributed by atoms with E-state index in [9.17, 15) is 18.0 Å². The van der Waals surface area contributed by atoms with Crippen molar-refractivity contribution in [1.29, 1.82) is 0 Å². The number of anilines is 1. The number of aromatic nitrogens is 3. The van der Waals surface area contributed by atoms with Crippen molar-refractivity contribution in [2.75, 3.05) is 25.0 Å². The fourth-order valence-corrected chi connectivity index (χ4v) is 3.89. The highest BCUT2D eigenvalue weighted by Gasteiger charge is 2.32. The van der Waals surface area contributed by atoms with E-state index in [1.54, 1.807) is 4.68 Å². The smallest absolute Gasteiger partial charge is 0.327 e. The predicted octanol–water partition coefficient (Wildman–Crippen LogP) is 2.62. The van der Waals surface area contributed by atoms with Crippen molar-refractivity contribution in [3.05, 3.63) is 53.6 Å². The lowest BCUT2D eigenvalue weighted by Crippen LogP contribution is -3.14. The Labute approximate surface area is 171 Å². The van der Waals surface area contributed by atoms with E-state index < -0.39 is 11.7 Å². The summed E-state index contributed by atoms with van der Waals surface area (Å²) in [6.07, 6.45) is -2.83. The molecule has 3 aromatic rings. The number of alkyl halides is 3. The molecule has 1 amide bonds. The summed E-state index contributed by atoms with van der Waals surface area (Å²) >= 11 is 0. The van der Waals surface area contributed by atoms with Gasteiger partial charge in [0.05, 0.1) is 30.2 Å². The Morgan fingerprint density at radius 2 is 1.87 bits per heavy atom. The molecule has 0 radical (unpaired) electrons. The van der Waals surface area contributed by atoms with Crippen LogP contribution in [0, 0.1) is 6.92 Å². The molecule has 0 saturated carbocycles. The molecule has 158 valence electrons. The van der Waals surface area contributed by atoms with Crippen LogP contribution in [0.3, 0.4) is 0 Å². The number of carbonyl (C=O) groups is 1. The van der Waals surface area contributed by atoms with E-state index in [2.05, 4.69) is 15.6 Å². The topological polar surface area (TPSA) is 64.2 Å². The molecule has 2 aromatic carbocycles. The van der Waals surface area contributed by atoms with Crippen LogP contribution in [0.25, 0.3) is 11.0 Å². The van der Waals surface area contributed by atoms with Gasteiger partial charge in [0, 0.05) is 18.5 Å². The minimum Gasteiger partial charge on any atom is -0.327 e. The maximum absolute atomic E-state index is 12.9. The Bertz CT molecular complexity index is 1040. The number of hydrogen-bond acceptors (Lipinski definition) is 3. The quantitative estimate of drug-likeness (QED) is 0.685. The lowest BCUT2D eigenvalue weighted by atomic mass is 10.0. The minimum atomic E-state index is -4.40. The van der Waals surface area contributed by atoms with Gasteiger partial charge in [0.1, 0.15) is 5.52 Å². The summed E-state index contributed by atoms with van der Waals surface area (Å²) in [4.78, 5) is 13.5. The summed E-state index contributed by atoms with van der Waals surface area (Å²) in [6.45, 7) is 3.95. The van der Waals surface area contributed by atoms with E-state index in [-0.39, 0.29) is 17.5 Å². The average molecular weight is 418 g/mol. The van der Waals surface area contributed by atoms with Crippen molar-refractivity contribution in [3.63, 3.8) is 0 Å². The number of likely N-dealkylation sites (tertiary alicyclic amines) is 1. The molecule has 4 rings (SSSR count). The predicted molar refractivity (Wildman–Crippen MR) is 106 cm³/mol. The molecule has 1 saturated heterocycles. The van der Waals surface area contributed by atoms with Gasteiger partial charge in [-0.3, -0.25) is 4.79 Å². The maximum atomic E-state index is 12.9. The van der Waals surface area contributed by atoms with Crippen molar-refractivity contribution in [2.45, 2.75) is 32.0 Å². The number of nitrogens with zero attached hydrogens (tertiary/aromatic N) is 3. The highest BCUT2D eigenvalue weighted by molar-refractivity contribution is 5.91. The number of carbonyl (C=O) groups excluding carboxylic acids is 1. The molecule has 9 heteroatoms. The zero-order valence-electron chi connectivity index (χ0n) is 16.5. The summed E-state index contributed by atoms with van der Waals surface area (Å²) < 4.78 is 40.4. The third kappa shape index (κ3) is 4.46. The fourth-order valence-electron chi connectivity index (χ4n) is 3.89. The molecular weight excluding hydrogens is 395 g/mol. The van der Waals surface area contributed by atoms with E-state index in [1.165, 1.54) is 11.0 Å². The number of rotatable bonds is 4. The van der Waals surface area contributed by atoms with E-state index in [0.29, 0.717) is 12.1 Å². The monoisotopic (exact) mass is 418 g/mol. The van der Waals surface area contributed by atoms with Crippen LogP contribution in [0.15, 0.2) is 42.5 Å². The number of fused-ring (bicyclic) bond motifs is 1. The summed E-state index contributed by atoms with van der Waals surface area (Å²) in [7, 11) is 0. The zero-order chi connectivity index (χ0) is 21.3. The lowest BCUT2D eigenvalue weighted by molar-refractivity contribution is -0.897. The van der Waals surface area contributed by atoms with Crippen LogP contribution in [-0.4, -0.2) is 40.5 Å². The standard InChI is InChI=1S/C21H22F3N5O/c1-14-2-5-16(6-3-14)25-20(30)13-28-10-8-17(9-11-28)29-19-7-4-15(21(22,23)24)12-18(19)26-27-29/h2-7,12,17H,8-11,13H2,1H3,(H,25,30)/p+1. The first-order valence-corrected chi connectivity index (χ1v) is 9.92. The second-order valence-corrected chi connectivity index (χ2v) is 7.81. The molecule has 1 aliphatic rings. The first-order chi connectivity index (χ1) is 14.3. The number of halogens is 3. The van der Waals surface area contributed by atoms with Gasteiger partial charge in [-0.2, -0.15) is 13.2 Å². The van der Waals surface area contributed by atoms with Gasteiger partial charge in [-0.05, 0) is 37.3 Å². The Kier molecular flexibility index (Phi) is 5.46. The molecule has 0 unspecified atom stereocenters. The summed E-state index contributed by atoms with van der Waals surface area (Å²) in [5.41, 5.74) is 2.05. The van der Waals surface area contributed by atoms with Crippen LogP contribution < -0.4 is 10.2 Å². The Morgan fingerprint density at radius 3 is 2.53 bits per heavy atom. The summed E-state index contributed by atoms with van der Waals surface area (Å²) in [5.74, 6) is -0.0295. The highest BCUT2D eigenvalue weighted by atomic mass is 19.4. The second kappa shape index (κ2) is 8.06. The van der Waals surface area contributed by atoms with Crippen LogP contribution in [0.4, 0.5) is 18.9 Å². The first kappa shape index (κ1) is 20.3. The van der Waals surface area contributed by atoms with Crippen LogP contribution in [0.1, 0.15) is 30.0 Å². The van der Waals surface area contributed by atoms with Gasteiger partial charge in [0.25, 0.3) is 5.91 Å². The van der Waals surface area contributed by atoms with Gasteiger partial charge in [-0.15, -0.1) is 5.10 Å². The van der Waals surface area contributed by atoms with Crippen molar-refractivity contribution in [2.24, 2.45) is 0 Å². The third-order valence-electron chi connectivity index (χ3n) is 5.55. The van der Waals surface area contributed by atoms with Gasteiger partial charge >= 0.3 is 6.18 Å². The largest absolute Gasteiger partial charge is 0.416 e.